The summed E-state index contributed by atoms with van der Waals surface area (Å²) in [5.74, 6) is 0.866. The fourth-order valence-corrected chi connectivity index (χ4v) is 5.31. The van der Waals surface area contributed by atoms with Crippen molar-refractivity contribution in [1.29, 1.82) is 0 Å². The normalized spacial score (nSPS) is 25.0. The second-order valence-corrected chi connectivity index (χ2v) is 8.81. The lowest BCUT2D eigenvalue weighted by Gasteiger charge is -2.24. The first-order valence-electron chi connectivity index (χ1n) is 9.76. The van der Waals surface area contributed by atoms with E-state index >= 15 is 0 Å². The van der Waals surface area contributed by atoms with Gasteiger partial charge in [0, 0.05) is 29.4 Å². The molecule has 5 heteroatoms. The zero-order chi connectivity index (χ0) is 17.9. The molecule has 2 N–H and O–H groups in total. The molecular formula is C21H27N3OS. The maximum atomic E-state index is 12.5. The zero-order valence-electron chi connectivity index (χ0n) is 15.3. The van der Waals surface area contributed by atoms with Gasteiger partial charge in [0.1, 0.15) is 0 Å². The number of amides is 1. The van der Waals surface area contributed by atoms with Gasteiger partial charge in [-0.25, -0.2) is 4.98 Å². The van der Waals surface area contributed by atoms with E-state index in [1.807, 2.05) is 18.2 Å². The minimum atomic E-state index is 0.000936. The largest absolute Gasteiger partial charge is 0.354 e. The first-order chi connectivity index (χ1) is 12.7. The van der Waals surface area contributed by atoms with E-state index in [0.717, 1.165) is 29.1 Å². The fraction of sp³-hybridized carbons (Fsp3) is 0.524. The third kappa shape index (κ3) is 3.84. The van der Waals surface area contributed by atoms with Crippen LogP contribution in [0.4, 0.5) is 0 Å². The number of hydrogen-bond acceptors (Lipinski definition) is 4. The quantitative estimate of drug-likeness (QED) is 0.845. The molecule has 2 aliphatic rings. The summed E-state index contributed by atoms with van der Waals surface area (Å²) in [7, 11) is 0. The van der Waals surface area contributed by atoms with Crippen molar-refractivity contribution in [3.8, 4) is 11.3 Å². The standard InChI is InChI=1S/C21H27N3OS/c1-14-20(15-7-3-2-4-8-15)24-19(26-14)11-12-22-21(25)18-13-16-9-5-6-10-17(16)23-18/h2-4,7-8,16-18,23H,5-6,9-13H2,1H3,(H,22,25). The molecule has 2 fully saturated rings. The molecule has 1 aliphatic carbocycles. The molecule has 2 heterocycles. The van der Waals surface area contributed by atoms with Crippen LogP contribution in [0, 0.1) is 12.8 Å². The molecule has 2 aromatic rings. The van der Waals surface area contributed by atoms with E-state index in [1.165, 1.54) is 30.6 Å². The third-order valence-corrected chi connectivity index (χ3v) is 6.74. The molecule has 0 bridgehead atoms. The smallest absolute Gasteiger partial charge is 0.237 e. The molecule has 4 nitrogen and oxygen atoms in total. The molecule has 138 valence electrons. The zero-order valence-corrected chi connectivity index (χ0v) is 16.1. The summed E-state index contributed by atoms with van der Waals surface area (Å²) in [4.78, 5) is 18.5. The van der Waals surface area contributed by atoms with Gasteiger partial charge >= 0.3 is 0 Å². The molecule has 1 aromatic heterocycles. The van der Waals surface area contributed by atoms with Gasteiger partial charge in [0.05, 0.1) is 16.7 Å². The highest BCUT2D eigenvalue weighted by molar-refractivity contribution is 7.12. The molecule has 1 aliphatic heterocycles. The van der Waals surface area contributed by atoms with Crippen LogP contribution in [-0.4, -0.2) is 29.5 Å². The van der Waals surface area contributed by atoms with Crippen LogP contribution in [0.25, 0.3) is 11.3 Å². The Labute approximate surface area is 159 Å². The molecule has 4 rings (SSSR count). The van der Waals surface area contributed by atoms with E-state index in [4.69, 9.17) is 4.98 Å². The molecule has 3 unspecified atom stereocenters. The Kier molecular flexibility index (Phi) is 5.36. The SMILES string of the molecule is Cc1sc(CCNC(=O)C2CC3CCCCC3N2)nc1-c1ccccc1. The Morgan fingerprint density at radius 3 is 2.88 bits per heavy atom. The van der Waals surface area contributed by atoms with Gasteiger partial charge < -0.3 is 10.6 Å². The van der Waals surface area contributed by atoms with E-state index in [0.29, 0.717) is 18.5 Å². The van der Waals surface area contributed by atoms with Gasteiger partial charge in [-0.05, 0) is 32.1 Å². The van der Waals surface area contributed by atoms with Crippen molar-refractivity contribution in [3.63, 3.8) is 0 Å². The number of thiazole rings is 1. The number of aryl methyl sites for hydroxylation is 1. The summed E-state index contributed by atoms with van der Waals surface area (Å²) in [5, 5.41) is 7.76. The van der Waals surface area contributed by atoms with E-state index in [1.54, 1.807) is 11.3 Å². The summed E-state index contributed by atoms with van der Waals surface area (Å²) in [6.07, 6.45) is 6.94. The van der Waals surface area contributed by atoms with Crippen molar-refractivity contribution in [3.05, 3.63) is 40.2 Å². The molecular weight excluding hydrogens is 342 g/mol. The molecule has 0 radical (unpaired) electrons. The van der Waals surface area contributed by atoms with Gasteiger partial charge in [0.25, 0.3) is 0 Å². The average molecular weight is 370 g/mol. The molecule has 1 aromatic carbocycles. The van der Waals surface area contributed by atoms with Crippen LogP contribution in [0.2, 0.25) is 0 Å². The summed E-state index contributed by atoms with van der Waals surface area (Å²) in [6, 6.07) is 10.9. The number of rotatable bonds is 5. The molecule has 1 saturated carbocycles. The summed E-state index contributed by atoms with van der Waals surface area (Å²) >= 11 is 1.73. The Balaban J connectivity index is 1.29. The number of aromatic nitrogens is 1. The van der Waals surface area contributed by atoms with Crippen molar-refractivity contribution in [2.75, 3.05) is 6.54 Å². The van der Waals surface area contributed by atoms with Gasteiger partial charge in [-0.1, -0.05) is 43.2 Å². The maximum Gasteiger partial charge on any atom is 0.237 e. The molecule has 1 saturated heterocycles. The van der Waals surface area contributed by atoms with Crippen molar-refractivity contribution in [2.24, 2.45) is 5.92 Å². The second-order valence-electron chi connectivity index (χ2n) is 7.53. The summed E-state index contributed by atoms with van der Waals surface area (Å²) < 4.78 is 0. The highest BCUT2D eigenvalue weighted by Gasteiger charge is 2.37. The van der Waals surface area contributed by atoms with Gasteiger partial charge in [-0.15, -0.1) is 11.3 Å². The first kappa shape index (κ1) is 17.7. The molecule has 3 atom stereocenters. The summed E-state index contributed by atoms with van der Waals surface area (Å²) in [5.41, 5.74) is 2.23. The Hall–Kier alpha value is -1.72. The molecule has 1 amide bonds. The molecule has 26 heavy (non-hydrogen) atoms. The Morgan fingerprint density at radius 2 is 2.08 bits per heavy atom. The van der Waals surface area contributed by atoms with Crippen LogP contribution in [0.15, 0.2) is 30.3 Å². The predicted molar refractivity (Wildman–Crippen MR) is 106 cm³/mol. The van der Waals surface area contributed by atoms with Crippen LogP contribution in [-0.2, 0) is 11.2 Å². The van der Waals surface area contributed by atoms with Crippen LogP contribution >= 0.6 is 11.3 Å². The Bertz CT molecular complexity index is 744. The number of hydrogen-bond donors (Lipinski definition) is 2. The van der Waals surface area contributed by atoms with Crippen LogP contribution < -0.4 is 10.6 Å². The topological polar surface area (TPSA) is 54.0 Å². The van der Waals surface area contributed by atoms with Crippen LogP contribution in [0.5, 0.6) is 0 Å². The minimum absolute atomic E-state index is 0.000936. The van der Waals surface area contributed by atoms with Crippen molar-refractivity contribution < 1.29 is 4.79 Å². The van der Waals surface area contributed by atoms with Gasteiger partial charge in [-0.2, -0.15) is 0 Å². The summed E-state index contributed by atoms with van der Waals surface area (Å²) in [6.45, 7) is 2.78. The highest BCUT2D eigenvalue weighted by Crippen LogP contribution is 2.33. The lowest BCUT2D eigenvalue weighted by Crippen LogP contribution is -2.43. The van der Waals surface area contributed by atoms with Crippen LogP contribution in [0.1, 0.15) is 42.0 Å². The number of carbonyl (C=O) groups is 1. The van der Waals surface area contributed by atoms with E-state index in [2.05, 4.69) is 29.7 Å². The van der Waals surface area contributed by atoms with Gasteiger partial charge in [0.2, 0.25) is 5.91 Å². The monoisotopic (exact) mass is 369 g/mol. The van der Waals surface area contributed by atoms with E-state index in [9.17, 15) is 4.79 Å². The second kappa shape index (κ2) is 7.89. The van der Waals surface area contributed by atoms with Gasteiger partial charge in [0.15, 0.2) is 0 Å². The van der Waals surface area contributed by atoms with Crippen LogP contribution in [0.3, 0.4) is 0 Å². The third-order valence-electron chi connectivity index (χ3n) is 5.71. The number of nitrogens with zero attached hydrogens (tertiary/aromatic N) is 1. The minimum Gasteiger partial charge on any atom is -0.354 e. The van der Waals surface area contributed by atoms with Crippen molar-refractivity contribution in [1.82, 2.24) is 15.6 Å². The number of nitrogens with one attached hydrogen (secondary N) is 2. The Morgan fingerprint density at radius 1 is 1.27 bits per heavy atom. The van der Waals surface area contributed by atoms with Crippen molar-refractivity contribution >= 4 is 17.2 Å². The number of fused-ring (bicyclic) bond motifs is 1. The van der Waals surface area contributed by atoms with E-state index in [-0.39, 0.29) is 11.9 Å². The number of carbonyl (C=O) groups excluding carboxylic acids is 1. The average Bonchev–Trinajstić information content (AvgIpc) is 3.26. The molecule has 0 spiro atoms. The predicted octanol–water partition coefficient (Wildman–Crippen LogP) is 3.70. The fourth-order valence-electron chi connectivity index (χ4n) is 4.36. The first-order valence-corrected chi connectivity index (χ1v) is 10.6. The van der Waals surface area contributed by atoms with E-state index < -0.39 is 0 Å². The highest BCUT2D eigenvalue weighted by atomic mass is 32.1. The lowest BCUT2D eigenvalue weighted by molar-refractivity contribution is -0.122. The maximum absolute atomic E-state index is 12.5. The van der Waals surface area contributed by atoms with Crippen molar-refractivity contribution in [2.45, 2.75) is 57.5 Å². The van der Waals surface area contributed by atoms with Gasteiger partial charge in [-0.3, -0.25) is 4.79 Å². The number of benzene rings is 1. The lowest BCUT2D eigenvalue weighted by atomic mass is 9.85.